The van der Waals surface area contributed by atoms with Gasteiger partial charge in [0.1, 0.15) is 23.5 Å². The Hall–Kier alpha value is -2.46. The van der Waals surface area contributed by atoms with Crippen molar-refractivity contribution in [2.75, 3.05) is 0 Å². The Kier molecular flexibility index (Phi) is 4.73. The van der Waals surface area contributed by atoms with Gasteiger partial charge in [0, 0.05) is 5.02 Å². The number of rotatable bonds is 3. The topological polar surface area (TPSA) is 43.1 Å². The Morgan fingerprint density at radius 2 is 1.28 bits per heavy atom. The van der Waals surface area contributed by atoms with Gasteiger partial charge in [-0.3, -0.25) is 10.1 Å². The third-order valence-electron chi connectivity index (χ3n) is 3.99. The highest BCUT2D eigenvalue weighted by Crippen LogP contribution is 2.29. The van der Waals surface area contributed by atoms with Crippen molar-refractivity contribution in [1.82, 2.24) is 0 Å². The van der Waals surface area contributed by atoms with Crippen LogP contribution in [-0.4, -0.2) is 28.5 Å². The highest BCUT2D eigenvalue weighted by molar-refractivity contribution is 6.61. The van der Waals surface area contributed by atoms with E-state index < -0.39 is 4.92 Å². The van der Waals surface area contributed by atoms with Gasteiger partial charge in [0.05, 0.1) is 10.5 Å². The van der Waals surface area contributed by atoms with Crippen molar-refractivity contribution in [3.05, 3.63) is 69.7 Å². The smallest absolute Gasteiger partial charge is 0.258 e. The van der Waals surface area contributed by atoms with Crippen molar-refractivity contribution in [3.8, 4) is 22.3 Å². The molecule has 0 atom stereocenters. The van der Waals surface area contributed by atoms with Crippen LogP contribution in [-0.2, 0) is 0 Å². The van der Waals surface area contributed by atoms with Gasteiger partial charge >= 0.3 is 0 Å². The lowest BCUT2D eigenvalue weighted by Gasteiger charge is -2.16. The molecule has 0 saturated heterocycles. The lowest BCUT2D eigenvalue weighted by atomic mass is 9.72. The first kappa shape index (κ1) is 17.4. The summed E-state index contributed by atoms with van der Waals surface area (Å²) in [6.07, 6.45) is 0. The second-order valence-electron chi connectivity index (χ2n) is 5.48. The van der Waals surface area contributed by atoms with Crippen LogP contribution in [0.2, 0.25) is 5.02 Å². The van der Waals surface area contributed by atoms with Crippen LogP contribution in [0.15, 0.2) is 54.6 Å². The highest BCUT2D eigenvalue weighted by Gasteiger charge is 2.24. The molecular weight excluding hydrogens is 330 g/mol. The van der Waals surface area contributed by atoms with Gasteiger partial charge < -0.3 is 0 Å². The minimum Gasteiger partial charge on any atom is -0.258 e. The summed E-state index contributed by atoms with van der Waals surface area (Å²) in [4.78, 5) is 10.9. The number of hydrogen-bond acceptors (Lipinski definition) is 2. The molecule has 0 aliphatic rings. The lowest BCUT2D eigenvalue weighted by molar-refractivity contribution is -0.382. The van der Waals surface area contributed by atoms with Gasteiger partial charge in [0.25, 0.3) is 5.69 Å². The molecule has 0 amide bonds. The van der Waals surface area contributed by atoms with Crippen LogP contribution in [0.3, 0.4) is 0 Å². The van der Waals surface area contributed by atoms with Gasteiger partial charge in [0.15, 0.2) is 0 Å². The van der Waals surface area contributed by atoms with Crippen LogP contribution in [0.5, 0.6) is 0 Å². The van der Waals surface area contributed by atoms with Crippen LogP contribution in [0.1, 0.15) is 0 Å². The molecule has 7 heteroatoms. The van der Waals surface area contributed by atoms with E-state index in [-0.39, 0.29) is 32.7 Å². The summed E-state index contributed by atoms with van der Waals surface area (Å²) in [5.74, 6) is 0. The summed E-state index contributed by atoms with van der Waals surface area (Å²) in [7, 11) is 17.5. The Morgan fingerprint density at radius 1 is 0.760 bits per heavy atom. The molecule has 3 nitrogen and oxygen atoms in total. The average Bonchev–Trinajstić information content (AvgIpc) is 2.63. The van der Waals surface area contributed by atoms with E-state index in [0.717, 1.165) is 11.1 Å². The molecule has 0 bridgehead atoms. The largest absolute Gasteiger partial charge is 0.269 e. The van der Waals surface area contributed by atoms with Crippen molar-refractivity contribution in [2.45, 2.75) is 0 Å². The standard InChI is InChI=1S/C18H9B3ClNO2/c19-14-13(18(23(24)25)16(21)15(20)17(14)22)12-8-6-11(7-9-12)10-4-2-1-3-5-10/h1-9H. The van der Waals surface area contributed by atoms with E-state index in [1.165, 1.54) is 0 Å². The molecule has 0 N–H and O–H groups in total. The Labute approximate surface area is 154 Å². The van der Waals surface area contributed by atoms with Crippen LogP contribution >= 0.6 is 11.6 Å². The van der Waals surface area contributed by atoms with E-state index in [1.807, 2.05) is 42.5 Å². The minimum absolute atomic E-state index is 0.0187. The van der Waals surface area contributed by atoms with Gasteiger partial charge in [-0.1, -0.05) is 77.1 Å². The fourth-order valence-electron chi connectivity index (χ4n) is 2.70. The summed E-state index contributed by atoms with van der Waals surface area (Å²) in [6, 6.07) is 17.0. The van der Waals surface area contributed by atoms with Crippen molar-refractivity contribution in [2.24, 2.45) is 0 Å². The maximum Gasteiger partial charge on any atom is 0.269 e. The van der Waals surface area contributed by atoms with E-state index in [4.69, 9.17) is 35.1 Å². The number of halogens is 1. The Morgan fingerprint density at radius 3 is 1.84 bits per heavy atom. The maximum atomic E-state index is 11.5. The predicted octanol–water partition coefficient (Wildman–Crippen LogP) is 1.96. The molecule has 3 aromatic rings. The normalized spacial score (nSPS) is 10.6. The first-order chi connectivity index (χ1) is 11.9. The van der Waals surface area contributed by atoms with E-state index in [2.05, 4.69) is 0 Å². The molecular formula is C18H9B3ClNO2. The second kappa shape index (κ2) is 6.81. The molecule has 0 heterocycles. The van der Waals surface area contributed by atoms with Crippen LogP contribution < -0.4 is 16.4 Å². The quantitative estimate of drug-likeness (QED) is 0.416. The van der Waals surface area contributed by atoms with Gasteiger partial charge in [-0.05, 0) is 22.2 Å². The summed E-state index contributed by atoms with van der Waals surface area (Å²) in [6.45, 7) is 0. The van der Waals surface area contributed by atoms with Crippen molar-refractivity contribution >= 4 is 57.2 Å². The van der Waals surface area contributed by atoms with Gasteiger partial charge in [0.2, 0.25) is 0 Å². The van der Waals surface area contributed by atoms with E-state index in [1.54, 1.807) is 12.1 Å². The molecule has 0 unspecified atom stereocenters. The molecule has 0 aliphatic carbocycles. The fourth-order valence-corrected chi connectivity index (χ4v) is 2.90. The van der Waals surface area contributed by atoms with E-state index in [0.29, 0.717) is 5.56 Å². The molecule has 0 spiro atoms. The monoisotopic (exact) mass is 339 g/mol. The van der Waals surface area contributed by atoms with Crippen LogP contribution in [0, 0.1) is 10.1 Å². The first-order valence-corrected chi connectivity index (χ1v) is 7.75. The highest BCUT2D eigenvalue weighted by atomic mass is 35.5. The summed E-state index contributed by atoms with van der Waals surface area (Å²) >= 11 is 6.09. The summed E-state index contributed by atoms with van der Waals surface area (Å²) < 4.78 is 0. The number of benzene rings is 3. The summed E-state index contributed by atoms with van der Waals surface area (Å²) in [5.41, 5.74) is 2.13. The third kappa shape index (κ3) is 3.10. The van der Waals surface area contributed by atoms with Crippen molar-refractivity contribution < 1.29 is 4.92 Å². The summed E-state index contributed by atoms with van der Waals surface area (Å²) in [5, 5.41) is 11.5. The molecule has 0 aliphatic heterocycles. The lowest BCUT2D eigenvalue weighted by Crippen LogP contribution is -2.35. The van der Waals surface area contributed by atoms with Crippen molar-refractivity contribution in [1.29, 1.82) is 0 Å². The zero-order chi connectivity index (χ0) is 18.1. The molecule has 3 rings (SSSR count). The first-order valence-electron chi connectivity index (χ1n) is 7.38. The SMILES string of the molecule is [B]c1c([B])c([N+](=O)[O-])c(-c2ccc(-c3ccccc3)cc2)c([B])c1Cl. The molecule has 0 aromatic heterocycles. The van der Waals surface area contributed by atoms with Crippen LogP contribution in [0.25, 0.3) is 22.3 Å². The number of nitrogens with zero attached hydrogens (tertiary/aromatic N) is 1. The minimum atomic E-state index is -0.598. The predicted molar refractivity (Wildman–Crippen MR) is 105 cm³/mol. The zero-order valence-electron chi connectivity index (χ0n) is 13.1. The van der Waals surface area contributed by atoms with Gasteiger partial charge in [-0.15, -0.1) is 0 Å². The maximum absolute atomic E-state index is 11.5. The second-order valence-corrected chi connectivity index (χ2v) is 5.86. The average molecular weight is 339 g/mol. The number of nitro groups is 1. The Balaban J connectivity index is 2.18. The third-order valence-corrected chi connectivity index (χ3v) is 4.39. The zero-order valence-corrected chi connectivity index (χ0v) is 13.8. The van der Waals surface area contributed by atoms with Crippen LogP contribution in [0.4, 0.5) is 5.69 Å². The molecule has 3 aromatic carbocycles. The van der Waals surface area contributed by atoms with E-state index in [9.17, 15) is 10.1 Å². The molecule has 6 radical (unpaired) electrons. The number of nitro benzene ring substituents is 1. The van der Waals surface area contributed by atoms with Gasteiger partial charge in [-0.25, -0.2) is 0 Å². The molecule has 114 valence electrons. The molecule has 0 saturated carbocycles. The van der Waals surface area contributed by atoms with E-state index >= 15 is 0 Å². The van der Waals surface area contributed by atoms with Crippen molar-refractivity contribution in [3.63, 3.8) is 0 Å². The van der Waals surface area contributed by atoms with Gasteiger partial charge in [-0.2, -0.15) is 0 Å². The number of hydrogen-bond donors (Lipinski definition) is 0. The fraction of sp³-hybridized carbons (Fsp3) is 0. The Bertz CT molecular complexity index is 961. The molecule has 0 fully saturated rings. The molecule has 25 heavy (non-hydrogen) atoms.